The zero-order valence-electron chi connectivity index (χ0n) is 16.6. The van der Waals surface area contributed by atoms with E-state index in [0.717, 1.165) is 42.6 Å². The van der Waals surface area contributed by atoms with E-state index in [9.17, 15) is 5.11 Å². The van der Waals surface area contributed by atoms with Crippen molar-refractivity contribution in [3.63, 3.8) is 0 Å². The molecule has 1 aliphatic heterocycles. The van der Waals surface area contributed by atoms with Gasteiger partial charge in [-0.3, -0.25) is 4.90 Å². The Balaban J connectivity index is 1.40. The monoisotopic (exact) mass is 345 g/mol. The van der Waals surface area contributed by atoms with Gasteiger partial charge >= 0.3 is 0 Å². The lowest BCUT2D eigenvalue weighted by atomic mass is 9.45. The van der Waals surface area contributed by atoms with Crippen LogP contribution in [0.1, 0.15) is 84.5 Å². The van der Waals surface area contributed by atoms with E-state index >= 15 is 0 Å². The van der Waals surface area contributed by atoms with E-state index < -0.39 is 0 Å². The molecule has 25 heavy (non-hydrogen) atoms. The molecule has 142 valence electrons. The molecule has 4 saturated carbocycles. The Morgan fingerprint density at radius 3 is 2.32 bits per heavy atom. The van der Waals surface area contributed by atoms with E-state index in [-0.39, 0.29) is 6.10 Å². The molecule has 0 aromatic heterocycles. The maximum atomic E-state index is 10.2. The lowest BCUT2D eigenvalue weighted by Gasteiger charge is -2.61. The summed E-state index contributed by atoms with van der Waals surface area (Å²) in [5.41, 5.74) is 1.14. The summed E-state index contributed by atoms with van der Waals surface area (Å²) in [5.74, 6) is 3.73. The van der Waals surface area contributed by atoms with Gasteiger partial charge in [0, 0.05) is 6.04 Å². The van der Waals surface area contributed by atoms with Gasteiger partial charge in [-0.15, -0.1) is 0 Å². The highest BCUT2D eigenvalue weighted by molar-refractivity contribution is 5.11. The molecule has 0 aromatic carbocycles. The third kappa shape index (κ3) is 2.42. The van der Waals surface area contributed by atoms with Crippen molar-refractivity contribution >= 4 is 0 Å². The largest absolute Gasteiger partial charge is 0.393 e. The molecule has 0 radical (unpaired) electrons. The SMILES string of the molecule is C[C@]12CC[C@H]3[C@@H](CCC4C[C@@H](O)CC[C@@]43C)[C@@H]1CC[C@@H]2N1CCCC1. The zero-order chi connectivity index (χ0) is 17.2. The smallest absolute Gasteiger partial charge is 0.0543 e. The van der Waals surface area contributed by atoms with Crippen molar-refractivity contribution in [3.8, 4) is 0 Å². The third-order valence-corrected chi connectivity index (χ3v) is 10.2. The first-order valence-electron chi connectivity index (χ1n) is 11.4. The molecular weight excluding hydrogens is 306 g/mol. The lowest BCUT2D eigenvalue weighted by Crippen LogP contribution is -2.56. The number of likely N-dealkylation sites (tertiary alicyclic amines) is 1. The maximum absolute atomic E-state index is 10.2. The number of hydrogen-bond acceptors (Lipinski definition) is 2. The van der Waals surface area contributed by atoms with Crippen LogP contribution in [0.3, 0.4) is 0 Å². The highest BCUT2D eigenvalue weighted by Gasteiger charge is 2.60. The minimum Gasteiger partial charge on any atom is -0.393 e. The maximum Gasteiger partial charge on any atom is 0.0543 e. The Morgan fingerprint density at radius 1 is 0.800 bits per heavy atom. The van der Waals surface area contributed by atoms with Gasteiger partial charge in [0.2, 0.25) is 0 Å². The highest BCUT2D eigenvalue weighted by atomic mass is 16.3. The second-order valence-electron chi connectivity index (χ2n) is 11.0. The highest BCUT2D eigenvalue weighted by Crippen LogP contribution is 2.66. The first kappa shape index (κ1) is 17.0. The minimum absolute atomic E-state index is 0.00508. The van der Waals surface area contributed by atoms with Crippen molar-refractivity contribution in [2.24, 2.45) is 34.5 Å². The summed E-state index contributed by atoms with van der Waals surface area (Å²) < 4.78 is 0. The number of aliphatic hydroxyl groups is 1. The average Bonchev–Trinajstić information content (AvgIpc) is 3.22. The third-order valence-electron chi connectivity index (χ3n) is 10.2. The quantitative estimate of drug-likeness (QED) is 0.734. The first-order chi connectivity index (χ1) is 12.0. The second kappa shape index (κ2) is 5.96. The van der Waals surface area contributed by atoms with Crippen LogP contribution in [-0.4, -0.2) is 35.2 Å². The molecule has 1 heterocycles. The van der Waals surface area contributed by atoms with E-state index in [0.29, 0.717) is 10.8 Å². The molecule has 0 bridgehead atoms. The molecule has 0 spiro atoms. The molecule has 0 amide bonds. The van der Waals surface area contributed by atoms with Gasteiger partial charge < -0.3 is 5.11 Å². The molecule has 5 rings (SSSR count). The van der Waals surface area contributed by atoms with Gasteiger partial charge in [0.15, 0.2) is 0 Å². The fraction of sp³-hybridized carbons (Fsp3) is 1.00. The standard InChI is InChI=1S/C23H39NO/c1-22-11-9-17(25)15-16(22)5-6-18-19-7-8-21(24-13-3-4-14-24)23(19,2)12-10-20(18)22/h16-21,25H,3-15H2,1-2H3/t16?,17-,18-,19-,20-,21-,22-,23-/m0/s1. The Bertz CT molecular complexity index is 514. The van der Waals surface area contributed by atoms with Crippen LogP contribution in [0.5, 0.6) is 0 Å². The summed E-state index contributed by atoms with van der Waals surface area (Å²) in [6.45, 7) is 8.05. The second-order valence-corrected chi connectivity index (χ2v) is 11.0. The summed E-state index contributed by atoms with van der Waals surface area (Å²) in [6.07, 6.45) is 15.1. The van der Waals surface area contributed by atoms with Crippen molar-refractivity contribution in [1.29, 1.82) is 0 Å². The fourth-order valence-corrected chi connectivity index (χ4v) is 8.86. The van der Waals surface area contributed by atoms with E-state index in [4.69, 9.17) is 0 Å². The van der Waals surface area contributed by atoms with E-state index in [1.54, 1.807) is 0 Å². The summed E-state index contributed by atoms with van der Waals surface area (Å²) in [6, 6.07) is 0.889. The summed E-state index contributed by atoms with van der Waals surface area (Å²) in [4.78, 5) is 2.88. The van der Waals surface area contributed by atoms with E-state index in [1.165, 1.54) is 70.9 Å². The van der Waals surface area contributed by atoms with Crippen LogP contribution in [0, 0.1) is 34.5 Å². The van der Waals surface area contributed by atoms with E-state index in [2.05, 4.69) is 18.7 Å². The Kier molecular flexibility index (Phi) is 4.06. The van der Waals surface area contributed by atoms with Gasteiger partial charge in [-0.05, 0) is 118 Å². The Labute approximate surface area is 154 Å². The molecule has 5 aliphatic rings. The van der Waals surface area contributed by atoms with Crippen LogP contribution >= 0.6 is 0 Å². The van der Waals surface area contributed by atoms with Gasteiger partial charge in [-0.25, -0.2) is 0 Å². The first-order valence-corrected chi connectivity index (χ1v) is 11.4. The Morgan fingerprint density at radius 2 is 1.52 bits per heavy atom. The van der Waals surface area contributed by atoms with Crippen molar-refractivity contribution < 1.29 is 5.11 Å². The normalized spacial score (nSPS) is 56.3. The van der Waals surface area contributed by atoms with Crippen molar-refractivity contribution in [2.45, 2.75) is 96.6 Å². The number of aliphatic hydroxyl groups excluding tert-OH is 1. The number of rotatable bonds is 1. The summed E-state index contributed by atoms with van der Waals surface area (Å²) in [7, 11) is 0. The van der Waals surface area contributed by atoms with Gasteiger partial charge in [-0.2, -0.15) is 0 Å². The molecule has 2 nitrogen and oxygen atoms in total. The topological polar surface area (TPSA) is 23.5 Å². The van der Waals surface area contributed by atoms with Gasteiger partial charge in [0.1, 0.15) is 0 Å². The minimum atomic E-state index is -0.00508. The van der Waals surface area contributed by atoms with Crippen molar-refractivity contribution in [3.05, 3.63) is 0 Å². The van der Waals surface area contributed by atoms with Crippen LogP contribution in [-0.2, 0) is 0 Å². The van der Waals surface area contributed by atoms with Crippen LogP contribution in [0.25, 0.3) is 0 Å². The lowest BCUT2D eigenvalue weighted by molar-refractivity contribution is -0.128. The van der Waals surface area contributed by atoms with Crippen molar-refractivity contribution in [2.75, 3.05) is 13.1 Å². The molecule has 1 N–H and O–H groups in total. The predicted octanol–water partition coefficient (Wildman–Crippen LogP) is 4.85. The van der Waals surface area contributed by atoms with Gasteiger partial charge in [0.25, 0.3) is 0 Å². The number of nitrogens with zero attached hydrogens (tertiary/aromatic N) is 1. The zero-order valence-corrected chi connectivity index (χ0v) is 16.6. The molecule has 8 atom stereocenters. The summed E-state index contributed by atoms with van der Waals surface area (Å²) >= 11 is 0. The van der Waals surface area contributed by atoms with Crippen LogP contribution in [0.4, 0.5) is 0 Å². The number of fused-ring (bicyclic) bond motifs is 5. The Hall–Kier alpha value is -0.0800. The van der Waals surface area contributed by atoms with Crippen molar-refractivity contribution in [1.82, 2.24) is 4.90 Å². The molecule has 0 aromatic rings. The molecule has 1 unspecified atom stereocenters. The number of hydrogen-bond donors (Lipinski definition) is 1. The van der Waals surface area contributed by atoms with Crippen LogP contribution in [0.2, 0.25) is 0 Å². The van der Waals surface area contributed by atoms with Gasteiger partial charge in [-0.1, -0.05) is 13.8 Å². The predicted molar refractivity (Wildman–Crippen MR) is 102 cm³/mol. The van der Waals surface area contributed by atoms with Crippen LogP contribution in [0.15, 0.2) is 0 Å². The fourth-order valence-electron chi connectivity index (χ4n) is 8.86. The van der Waals surface area contributed by atoms with E-state index in [1.807, 2.05) is 0 Å². The molecule has 2 heteroatoms. The average molecular weight is 346 g/mol. The molecule has 1 saturated heterocycles. The molecular formula is C23H39NO. The van der Waals surface area contributed by atoms with Crippen LogP contribution < -0.4 is 0 Å². The summed E-state index contributed by atoms with van der Waals surface area (Å²) in [5, 5.41) is 10.2. The van der Waals surface area contributed by atoms with Gasteiger partial charge in [0.05, 0.1) is 6.10 Å². The molecule has 5 fully saturated rings. The molecule has 4 aliphatic carbocycles.